The summed E-state index contributed by atoms with van der Waals surface area (Å²) in [6.45, 7) is 0.465. The highest BCUT2D eigenvalue weighted by Crippen LogP contribution is 2.26. The second-order valence-corrected chi connectivity index (χ2v) is 7.83. The van der Waals surface area contributed by atoms with Gasteiger partial charge in [-0.3, -0.25) is 4.79 Å². The molecular weight excluding hydrogens is 433 g/mol. The maximum atomic E-state index is 12.6. The van der Waals surface area contributed by atoms with Crippen LogP contribution in [0.3, 0.4) is 0 Å². The number of halogens is 2. The first kappa shape index (κ1) is 21.2. The van der Waals surface area contributed by atoms with Crippen LogP contribution in [-0.2, 0) is 11.2 Å². The summed E-state index contributed by atoms with van der Waals surface area (Å²) in [6, 6.07) is 13.4. The number of methoxy groups -OCH3 is 1. The van der Waals surface area contributed by atoms with Crippen molar-refractivity contribution in [1.82, 2.24) is 0 Å². The molecule has 1 amide bonds. The third kappa shape index (κ3) is 5.50. The van der Waals surface area contributed by atoms with Crippen molar-refractivity contribution in [2.45, 2.75) is 6.42 Å². The van der Waals surface area contributed by atoms with Gasteiger partial charge in [-0.25, -0.2) is 4.79 Å². The predicted molar refractivity (Wildman–Crippen MR) is 116 cm³/mol. The summed E-state index contributed by atoms with van der Waals surface area (Å²) >= 11 is 13.6. The van der Waals surface area contributed by atoms with Crippen LogP contribution in [0, 0.1) is 0 Å². The highest BCUT2D eigenvalue weighted by molar-refractivity contribution is 7.09. The van der Waals surface area contributed by atoms with Crippen molar-refractivity contribution in [3.8, 4) is 5.75 Å². The summed E-state index contributed by atoms with van der Waals surface area (Å²) < 4.78 is 10.6. The van der Waals surface area contributed by atoms with Crippen molar-refractivity contribution in [2.24, 2.45) is 0 Å². The lowest BCUT2D eigenvalue weighted by atomic mass is 10.1. The Labute approximate surface area is 182 Å². The summed E-state index contributed by atoms with van der Waals surface area (Å²) in [5.41, 5.74) is 0.709. The van der Waals surface area contributed by atoms with Gasteiger partial charge in [0.05, 0.1) is 35.6 Å². The molecule has 1 N–H and O–H groups in total. The van der Waals surface area contributed by atoms with E-state index >= 15 is 0 Å². The zero-order valence-electron chi connectivity index (χ0n) is 15.4. The summed E-state index contributed by atoms with van der Waals surface area (Å²) in [6.07, 6.45) is 0.763. The standard InChI is InChI=1S/C21H17Cl2NO4S/c1-27-21(26)17-12-14(28-9-8-15-3-2-10-29-15)5-7-19(17)24-20(25)16-6-4-13(22)11-18(16)23/h2-7,10-12H,8-9H2,1H3,(H,24,25). The maximum Gasteiger partial charge on any atom is 0.340 e. The van der Waals surface area contributed by atoms with Crippen molar-refractivity contribution in [3.63, 3.8) is 0 Å². The van der Waals surface area contributed by atoms with Gasteiger partial charge in [-0.2, -0.15) is 0 Å². The van der Waals surface area contributed by atoms with E-state index in [1.165, 1.54) is 24.1 Å². The Morgan fingerprint density at radius 2 is 1.90 bits per heavy atom. The van der Waals surface area contributed by atoms with Crippen LogP contribution >= 0.6 is 34.5 Å². The minimum atomic E-state index is -0.591. The van der Waals surface area contributed by atoms with Crippen molar-refractivity contribution < 1.29 is 19.1 Å². The summed E-state index contributed by atoms with van der Waals surface area (Å²) in [5, 5.41) is 5.33. The Morgan fingerprint density at radius 3 is 2.59 bits per heavy atom. The molecule has 0 aliphatic carbocycles. The number of rotatable bonds is 7. The third-order valence-electron chi connectivity index (χ3n) is 4.02. The van der Waals surface area contributed by atoms with E-state index in [2.05, 4.69) is 5.32 Å². The normalized spacial score (nSPS) is 10.4. The van der Waals surface area contributed by atoms with Crippen LogP contribution in [0.1, 0.15) is 25.6 Å². The Hall–Kier alpha value is -2.54. The van der Waals surface area contributed by atoms with E-state index in [1.807, 2.05) is 17.5 Å². The van der Waals surface area contributed by atoms with E-state index in [1.54, 1.807) is 35.6 Å². The molecule has 0 saturated heterocycles. The predicted octanol–water partition coefficient (Wildman–Crippen LogP) is 5.72. The van der Waals surface area contributed by atoms with Gasteiger partial charge in [0.25, 0.3) is 5.91 Å². The lowest BCUT2D eigenvalue weighted by Gasteiger charge is -2.13. The number of benzene rings is 2. The van der Waals surface area contributed by atoms with E-state index in [9.17, 15) is 9.59 Å². The molecule has 5 nitrogen and oxygen atoms in total. The van der Waals surface area contributed by atoms with Gasteiger partial charge in [0.15, 0.2) is 0 Å². The minimum absolute atomic E-state index is 0.180. The number of thiophene rings is 1. The molecule has 1 heterocycles. The lowest BCUT2D eigenvalue weighted by Crippen LogP contribution is -2.16. The van der Waals surface area contributed by atoms with Gasteiger partial charge < -0.3 is 14.8 Å². The van der Waals surface area contributed by atoms with Crippen LogP contribution in [0.15, 0.2) is 53.9 Å². The number of esters is 1. The number of carbonyl (C=O) groups is 2. The van der Waals surface area contributed by atoms with E-state index < -0.39 is 11.9 Å². The van der Waals surface area contributed by atoms with E-state index in [4.69, 9.17) is 32.7 Å². The first-order chi connectivity index (χ1) is 14.0. The monoisotopic (exact) mass is 449 g/mol. The number of hydrogen-bond donors (Lipinski definition) is 1. The first-order valence-electron chi connectivity index (χ1n) is 8.62. The molecule has 150 valence electrons. The number of carbonyl (C=O) groups excluding carboxylic acids is 2. The Balaban J connectivity index is 1.76. The van der Waals surface area contributed by atoms with Gasteiger partial charge in [0, 0.05) is 16.3 Å². The SMILES string of the molecule is COC(=O)c1cc(OCCc2cccs2)ccc1NC(=O)c1ccc(Cl)cc1Cl. The number of amides is 1. The van der Waals surface area contributed by atoms with E-state index in [0.29, 0.717) is 23.1 Å². The first-order valence-corrected chi connectivity index (χ1v) is 10.3. The molecule has 8 heteroatoms. The molecule has 0 radical (unpaired) electrons. The summed E-state index contributed by atoms with van der Waals surface area (Å²) in [7, 11) is 1.27. The smallest absolute Gasteiger partial charge is 0.340 e. The molecule has 0 saturated carbocycles. The number of hydrogen-bond acceptors (Lipinski definition) is 5. The zero-order chi connectivity index (χ0) is 20.8. The number of anilines is 1. The summed E-state index contributed by atoms with van der Waals surface area (Å²) in [5.74, 6) is -0.557. The molecule has 0 aliphatic rings. The number of ether oxygens (including phenoxy) is 2. The van der Waals surface area contributed by atoms with Crippen LogP contribution in [0.5, 0.6) is 5.75 Å². The average molecular weight is 450 g/mol. The largest absolute Gasteiger partial charge is 0.493 e. The van der Waals surface area contributed by atoms with Crippen LogP contribution in [-0.4, -0.2) is 25.6 Å². The fraction of sp³-hybridized carbons (Fsp3) is 0.143. The Morgan fingerprint density at radius 1 is 1.07 bits per heavy atom. The highest BCUT2D eigenvalue weighted by Gasteiger charge is 2.18. The second kappa shape index (κ2) is 9.78. The maximum absolute atomic E-state index is 12.6. The Kier molecular flexibility index (Phi) is 7.14. The number of nitrogens with one attached hydrogen (secondary N) is 1. The van der Waals surface area contributed by atoms with Gasteiger partial charge in [0.2, 0.25) is 0 Å². The van der Waals surface area contributed by atoms with Crippen molar-refractivity contribution in [2.75, 3.05) is 19.0 Å². The van der Waals surface area contributed by atoms with Gasteiger partial charge in [-0.1, -0.05) is 29.3 Å². The topological polar surface area (TPSA) is 64.6 Å². The van der Waals surface area contributed by atoms with Crippen molar-refractivity contribution in [1.29, 1.82) is 0 Å². The van der Waals surface area contributed by atoms with Gasteiger partial charge in [-0.15, -0.1) is 11.3 Å². The molecular formula is C21H17Cl2NO4S. The molecule has 0 atom stereocenters. The zero-order valence-corrected chi connectivity index (χ0v) is 17.7. The quantitative estimate of drug-likeness (QED) is 0.468. The average Bonchev–Trinajstić information content (AvgIpc) is 3.21. The summed E-state index contributed by atoms with van der Waals surface area (Å²) in [4.78, 5) is 26.0. The Bertz CT molecular complexity index is 1020. The molecule has 29 heavy (non-hydrogen) atoms. The fourth-order valence-electron chi connectivity index (χ4n) is 2.59. The van der Waals surface area contributed by atoms with Crippen molar-refractivity contribution >= 4 is 52.1 Å². The molecule has 0 unspecified atom stereocenters. The third-order valence-corrected chi connectivity index (χ3v) is 5.50. The van der Waals surface area contributed by atoms with Crippen LogP contribution in [0.4, 0.5) is 5.69 Å². The van der Waals surface area contributed by atoms with Crippen LogP contribution in [0.2, 0.25) is 10.0 Å². The molecule has 1 aromatic heterocycles. The van der Waals surface area contributed by atoms with E-state index in [0.717, 1.165) is 6.42 Å². The minimum Gasteiger partial charge on any atom is -0.493 e. The molecule has 3 aromatic rings. The molecule has 0 fully saturated rings. The van der Waals surface area contributed by atoms with Crippen LogP contribution < -0.4 is 10.1 Å². The van der Waals surface area contributed by atoms with Crippen LogP contribution in [0.25, 0.3) is 0 Å². The molecule has 3 rings (SSSR count). The van der Waals surface area contributed by atoms with E-state index in [-0.39, 0.29) is 16.1 Å². The molecule has 2 aromatic carbocycles. The second-order valence-electron chi connectivity index (χ2n) is 5.96. The van der Waals surface area contributed by atoms with Gasteiger partial charge in [-0.05, 0) is 47.8 Å². The molecule has 0 bridgehead atoms. The lowest BCUT2D eigenvalue weighted by molar-refractivity contribution is 0.0601. The molecule has 0 aliphatic heterocycles. The van der Waals surface area contributed by atoms with Gasteiger partial charge in [0.1, 0.15) is 5.75 Å². The van der Waals surface area contributed by atoms with Crippen molar-refractivity contribution in [3.05, 3.63) is 80.0 Å². The molecule has 0 spiro atoms. The fourth-order valence-corrected chi connectivity index (χ4v) is 3.77. The van der Waals surface area contributed by atoms with Gasteiger partial charge >= 0.3 is 5.97 Å². The highest BCUT2D eigenvalue weighted by atomic mass is 35.5.